The molecule has 2 aromatic rings. The summed E-state index contributed by atoms with van der Waals surface area (Å²) in [6.45, 7) is 6.64. The van der Waals surface area contributed by atoms with Crippen LogP contribution in [-0.4, -0.2) is 55.5 Å². The predicted molar refractivity (Wildman–Crippen MR) is 105 cm³/mol. The van der Waals surface area contributed by atoms with E-state index in [1.807, 2.05) is 29.2 Å². The van der Waals surface area contributed by atoms with Gasteiger partial charge in [-0.3, -0.25) is 9.69 Å². The van der Waals surface area contributed by atoms with Gasteiger partial charge in [-0.25, -0.2) is 0 Å². The number of rotatable bonds is 6. The number of hydrogen-bond donors (Lipinski definition) is 0. The summed E-state index contributed by atoms with van der Waals surface area (Å²) >= 11 is 0. The molecule has 0 aliphatic carbocycles. The molecule has 0 spiro atoms. The van der Waals surface area contributed by atoms with E-state index in [1.165, 1.54) is 11.1 Å². The number of aryl methyl sites for hydroxylation is 1. The van der Waals surface area contributed by atoms with E-state index in [2.05, 4.69) is 36.1 Å². The number of methoxy groups -OCH3 is 1. The summed E-state index contributed by atoms with van der Waals surface area (Å²) in [4.78, 5) is 17.1. The van der Waals surface area contributed by atoms with E-state index >= 15 is 0 Å². The zero-order chi connectivity index (χ0) is 18.4. The van der Waals surface area contributed by atoms with Gasteiger partial charge >= 0.3 is 0 Å². The predicted octanol–water partition coefficient (Wildman–Crippen LogP) is 3.26. The van der Waals surface area contributed by atoms with Crippen LogP contribution in [0.15, 0.2) is 48.5 Å². The molecule has 1 aliphatic rings. The lowest BCUT2D eigenvalue weighted by Crippen LogP contribution is -2.49. The molecule has 0 atom stereocenters. The maximum atomic E-state index is 12.6. The molecule has 4 nitrogen and oxygen atoms in total. The molecule has 1 saturated heterocycles. The normalized spacial score (nSPS) is 15.1. The van der Waals surface area contributed by atoms with Crippen LogP contribution < -0.4 is 4.74 Å². The Bertz CT molecular complexity index is 702. The van der Waals surface area contributed by atoms with Crippen molar-refractivity contribution >= 4 is 5.91 Å². The molecule has 1 heterocycles. The Morgan fingerprint density at radius 2 is 1.54 bits per heavy atom. The van der Waals surface area contributed by atoms with Crippen LogP contribution in [0, 0.1) is 0 Å². The van der Waals surface area contributed by atoms with Gasteiger partial charge in [-0.05, 0) is 48.2 Å². The summed E-state index contributed by atoms with van der Waals surface area (Å²) in [6, 6.07) is 16.3. The van der Waals surface area contributed by atoms with Crippen molar-refractivity contribution in [1.29, 1.82) is 0 Å². The van der Waals surface area contributed by atoms with Crippen LogP contribution in [0.4, 0.5) is 0 Å². The Morgan fingerprint density at radius 1 is 0.923 bits per heavy atom. The first-order valence-electron chi connectivity index (χ1n) is 9.43. The number of piperazine rings is 1. The number of nitrogens with zero attached hydrogens (tertiary/aromatic N) is 2. The second kappa shape index (κ2) is 8.86. The first-order chi connectivity index (χ1) is 12.7. The van der Waals surface area contributed by atoms with E-state index in [0.29, 0.717) is 0 Å². The Morgan fingerprint density at radius 3 is 2.12 bits per heavy atom. The maximum Gasteiger partial charge on any atom is 0.253 e. The largest absolute Gasteiger partial charge is 0.497 e. The van der Waals surface area contributed by atoms with Crippen molar-refractivity contribution in [2.75, 3.05) is 39.8 Å². The van der Waals surface area contributed by atoms with Gasteiger partial charge in [0.1, 0.15) is 5.75 Å². The van der Waals surface area contributed by atoms with E-state index in [0.717, 1.165) is 56.9 Å². The van der Waals surface area contributed by atoms with Gasteiger partial charge in [-0.1, -0.05) is 31.2 Å². The molecule has 0 aromatic heterocycles. The highest BCUT2D eigenvalue weighted by molar-refractivity contribution is 5.94. The Balaban J connectivity index is 1.46. The highest BCUT2D eigenvalue weighted by atomic mass is 16.5. The second-order valence-electron chi connectivity index (χ2n) is 6.78. The van der Waals surface area contributed by atoms with Crippen LogP contribution >= 0.6 is 0 Å². The van der Waals surface area contributed by atoms with Crippen molar-refractivity contribution in [3.05, 3.63) is 65.2 Å². The van der Waals surface area contributed by atoms with Gasteiger partial charge in [0.2, 0.25) is 0 Å². The quantitative estimate of drug-likeness (QED) is 0.800. The molecule has 3 rings (SSSR count). The third-order valence-electron chi connectivity index (χ3n) is 5.14. The molecular formula is C22H28N2O2. The van der Waals surface area contributed by atoms with E-state index in [-0.39, 0.29) is 5.91 Å². The third-order valence-corrected chi connectivity index (χ3v) is 5.14. The topological polar surface area (TPSA) is 32.8 Å². The number of amides is 1. The van der Waals surface area contributed by atoms with Crippen molar-refractivity contribution in [2.24, 2.45) is 0 Å². The molecule has 2 aromatic carbocycles. The van der Waals surface area contributed by atoms with E-state index < -0.39 is 0 Å². The van der Waals surface area contributed by atoms with Gasteiger partial charge in [0.25, 0.3) is 5.91 Å². The molecule has 0 N–H and O–H groups in total. The lowest BCUT2D eigenvalue weighted by molar-refractivity contribution is 0.0638. The highest BCUT2D eigenvalue weighted by Crippen LogP contribution is 2.14. The van der Waals surface area contributed by atoms with Crippen molar-refractivity contribution < 1.29 is 9.53 Å². The minimum Gasteiger partial charge on any atom is -0.497 e. The van der Waals surface area contributed by atoms with Gasteiger partial charge in [0.05, 0.1) is 7.11 Å². The van der Waals surface area contributed by atoms with Crippen molar-refractivity contribution in [2.45, 2.75) is 19.8 Å². The lowest BCUT2D eigenvalue weighted by atomic mass is 10.1. The molecule has 26 heavy (non-hydrogen) atoms. The molecule has 0 unspecified atom stereocenters. The van der Waals surface area contributed by atoms with Crippen LogP contribution in [0.1, 0.15) is 28.4 Å². The molecule has 0 bridgehead atoms. The zero-order valence-corrected chi connectivity index (χ0v) is 15.8. The molecule has 0 radical (unpaired) electrons. The first kappa shape index (κ1) is 18.5. The maximum absolute atomic E-state index is 12.6. The van der Waals surface area contributed by atoms with E-state index in [9.17, 15) is 4.79 Å². The van der Waals surface area contributed by atoms with E-state index in [4.69, 9.17) is 4.74 Å². The summed E-state index contributed by atoms with van der Waals surface area (Å²) in [5.41, 5.74) is 3.39. The fourth-order valence-electron chi connectivity index (χ4n) is 3.32. The van der Waals surface area contributed by atoms with Crippen LogP contribution in [0.5, 0.6) is 5.75 Å². The summed E-state index contributed by atoms with van der Waals surface area (Å²) in [5, 5.41) is 0. The summed E-state index contributed by atoms with van der Waals surface area (Å²) < 4.78 is 5.20. The summed E-state index contributed by atoms with van der Waals surface area (Å²) in [6.07, 6.45) is 2.03. The first-order valence-corrected chi connectivity index (χ1v) is 9.43. The fourth-order valence-corrected chi connectivity index (χ4v) is 3.32. The van der Waals surface area contributed by atoms with Gasteiger partial charge < -0.3 is 9.64 Å². The van der Waals surface area contributed by atoms with Crippen molar-refractivity contribution in [3.8, 4) is 5.75 Å². The molecular weight excluding hydrogens is 324 g/mol. The average molecular weight is 352 g/mol. The SMILES string of the molecule is CCc1ccc(C(=O)N2CCN(CCc3ccc(OC)cc3)CC2)cc1. The average Bonchev–Trinajstić information content (AvgIpc) is 2.72. The highest BCUT2D eigenvalue weighted by Gasteiger charge is 2.21. The van der Waals surface area contributed by atoms with Crippen LogP contribution in [0.2, 0.25) is 0 Å². The Hall–Kier alpha value is -2.33. The third kappa shape index (κ3) is 4.64. The smallest absolute Gasteiger partial charge is 0.253 e. The van der Waals surface area contributed by atoms with Gasteiger partial charge in [-0.15, -0.1) is 0 Å². The zero-order valence-electron chi connectivity index (χ0n) is 15.8. The molecule has 1 aliphatic heterocycles. The Kier molecular flexibility index (Phi) is 6.29. The standard InChI is InChI=1S/C22H28N2O2/c1-3-18-4-8-20(9-5-18)22(25)24-16-14-23(15-17-24)13-12-19-6-10-21(26-2)11-7-19/h4-11H,3,12-17H2,1-2H3. The minimum absolute atomic E-state index is 0.155. The number of carbonyl (C=O) groups is 1. The molecule has 1 amide bonds. The van der Waals surface area contributed by atoms with Crippen molar-refractivity contribution in [3.63, 3.8) is 0 Å². The van der Waals surface area contributed by atoms with Gasteiger partial charge in [-0.2, -0.15) is 0 Å². The minimum atomic E-state index is 0.155. The fraction of sp³-hybridized carbons (Fsp3) is 0.409. The number of benzene rings is 2. The Labute approximate surface area is 156 Å². The molecule has 0 saturated carbocycles. The van der Waals surface area contributed by atoms with Crippen LogP contribution in [-0.2, 0) is 12.8 Å². The van der Waals surface area contributed by atoms with Gasteiger partial charge in [0, 0.05) is 38.3 Å². The molecule has 138 valence electrons. The number of carbonyl (C=O) groups excluding carboxylic acids is 1. The lowest BCUT2D eigenvalue weighted by Gasteiger charge is -2.34. The molecule has 1 fully saturated rings. The number of hydrogen-bond acceptors (Lipinski definition) is 3. The second-order valence-corrected chi connectivity index (χ2v) is 6.78. The summed E-state index contributed by atoms with van der Waals surface area (Å²) in [7, 11) is 1.69. The molecule has 4 heteroatoms. The van der Waals surface area contributed by atoms with Gasteiger partial charge in [0.15, 0.2) is 0 Å². The summed E-state index contributed by atoms with van der Waals surface area (Å²) in [5.74, 6) is 1.05. The van der Waals surface area contributed by atoms with Crippen LogP contribution in [0.3, 0.4) is 0 Å². The number of ether oxygens (including phenoxy) is 1. The van der Waals surface area contributed by atoms with Crippen LogP contribution in [0.25, 0.3) is 0 Å². The van der Waals surface area contributed by atoms with Crippen molar-refractivity contribution in [1.82, 2.24) is 9.80 Å². The monoisotopic (exact) mass is 352 g/mol. The van der Waals surface area contributed by atoms with E-state index in [1.54, 1.807) is 7.11 Å².